The number of nitrogens with one attached hydrogen (secondary N) is 2. The van der Waals surface area contributed by atoms with Gasteiger partial charge in [0.1, 0.15) is 5.82 Å². The van der Waals surface area contributed by atoms with E-state index in [2.05, 4.69) is 20.4 Å². The van der Waals surface area contributed by atoms with Gasteiger partial charge < -0.3 is 10.2 Å². The fraction of sp³-hybridized carbons (Fsp3) is 0.448. The molecule has 0 bridgehead atoms. The second kappa shape index (κ2) is 11.2. The van der Waals surface area contributed by atoms with Crippen LogP contribution in [0.1, 0.15) is 55.7 Å². The quantitative estimate of drug-likeness (QED) is 0.444. The molecule has 2 aliphatic rings. The highest BCUT2D eigenvalue weighted by atomic mass is 19.1. The summed E-state index contributed by atoms with van der Waals surface area (Å²) < 4.78 is 13.5. The van der Waals surface area contributed by atoms with Gasteiger partial charge in [0.2, 0.25) is 5.91 Å². The second-order valence-electron chi connectivity index (χ2n) is 10.2. The van der Waals surface area contributed by atoms with E-state index in [1.165, 1.54) is 37.8 Å². The molecule has 1 aliphatic carbocycles. The second-order valence-corrected chi connectivity index (χ2v) is 10.2. The van der Waals surface area contributed by atoms with Crippen molar-refractivity contribution in [2.45, 2.75) is 44.4 Å². The van der Waals surface area contributed by atoms with Gasteiger partial charge in [0.05, 0.1) is 5.52 Å². The summed E-state index contributed by atoms with van der Waals surface area (Å²) in [4.78, 5) is 15.0. The molecular weight excluding hydrogens is 439 g/mol. The van der Waals surface area contributed by atoms with Gasteiger partial charge in [-0.25, -0.2) is 4.39 Å². The molecular formula is C29H35FN4O. The number of likely N-dealkylation sites (tertiary alicyclic amines) is 1. The summed E-state index contributed by atoms with van der Waals surface area (Å²) >= 11 is 0. The maximum atomic E-state index is 13.5. The van der Waals surface area contributed by atoms with Crippen LogP contribution in [0.5, 0.6) is 0 Å². The van der Waals surface area contributed by atoms with Gasteiger partial charge in [-0.05, 0) is 74.4 Å². The lowest BCUT2D eigenvalue weighted by Crippen LogP contribution is -2.42. The van der Waals surface area contributed by atoms with Crippen molar-refractivity contribution in [1.29, 1.82) is 0 Å². The number of carbonyl (C=O) groups excluding carboxylic acids is 1. The van der Waals surface area contributed by atoms with Crippen LogP contribution in [-0.2, 0) is 4.79 Å². The van der Waals surface area contributed by atoms with E-state index in [1.54, 1.807) is 6.08 Å². The van der Waals surface area contributed by atoms with Gasteiger partial charge >= 0.3 is 0 Å². The molecule has 1 amide bonds. The Balaban J connectivity index is 1.11. The zero-order valence-corrected chi connectivity index (χ0v) is 20.3. The average molecular weight is 475 g/mol. The SMILES string of the molecule is O=C(C=Cc1ccccc1)NC[C@@H]1CCCC[C@H]1CN1CCC(c2[nH]nc3cc(F)ccc23)CC1. The first-order valence-electron chi connectivity index (χ1n) is 13.0. The van der Waals surface area contributed by atoms with Gasteiger partial charge in [0, 0.05) is 42.2 Å². The number of nitrogens with zero attached hydrogens (tertiary/aromatic N) is 2. The number of aromatic nitrogens is 2. The van der Waals surface area contributed by atoms with Crippen LogP contribution in [0, 0.1) is 17.7 Å². The third-order valence-corrected chi connectivity index (χ3v) is 7.87. The smallest absolute Gasteiger partial charge is 0.244 e. The molecule has 184 valence electrons. The molecule has 5 nitrogen and oxygen atoms in total. The van der Waals surface area contributed by atoms with E-state index >= 15 is 0 Å². The van der Waals surface area contributed by atoms with Crippen LogP contribution < -0.4 is 5.32 Å². The van der Waals surface area contributed by atoms with Gasteiger partial charge in [-0.1, -0.05) is 43.2 Å². The molecule has 5 rings (SSSR count). The number of halogens is 1. The van der Waals surface area contributed by atoms with Crippen LogP contribution in [0.2, 0.25) is 0 Å². The maximum absolute atomic E-state index is 13.5. The van der Waals surface area contributed by atoms with Crippen molar-refractivity contribution in [2.24, 2.45) is 11.8 Å². The fourth-order valence-electron chi connectivity index (χ4n) is 5.87. The number of fused-ring (bicyclic) bond motifs is 1. The molecule has 2 fully saturated rings. The minimum atomic E-state index is -0.240. The van der Waals surface area contributed by atoms with Gasteiger partial charge in [-0.3, -0.25) is 9.89 Å². The Labute approximate surface area is 206 Å². The molecule has 2 aromatic carbocycles. The molecule has 0 spiro atoms. The molecule has 0 unspecified atom stereocenters. The van der Waals surface area contributed by atoms with E-state index in [4.69, 9.17) is 0 Å². The number of rotatable bonds is 7. The Bertz CT molecular complexity index is 1150. The highest BCUT2D eigenvalue weighted by molar-refractivity contribution is 5.91. The molecule has 2 N–H and O–H groups in total. The number of aromatic amines is 1. The van der Waals surface area contributed by atoms with Crippen LogP contribution in [0.25, 0.3) is 17.0 Å². The highest BCUT2D eigenvalue weighted by Gasteiger charge is 2.30. The first kappa shape index (κ1) is 23.7. The number of hydrogen-bond donors (Lipinski definition) is 2. The van der Waals surface area contributed by atoms with Crippen molar-refractivity contribution in [2.75, 3.05) is 26.2 Å². The van der Waals surface area contributed by atoms with Gasteiger partial charge in [0.15, 0.2) is 0 Å². The fourth-order valence-corrected chi connectivity index (χ4v) is 5.87. The third kappa shape index (κ3) is 5.99. The Kier molecular flexibility index (Phi) is 7.57. The minimum absolute atomic E-state index is 0.00865. The van der Waals surface area contributed by atoms with Crippen molar-refractivity contribution in [3.8, 4) is 0 Å². The molecule has 1 saturated carbocycles. The molecule has 35 heavy (non-hydrogen) atoms. The van der Waals surface area contributed by atoms with Crippen LogP contribution >= 0.6 is 0 Å². The van der Waals surface area contributed by atoms with Gasteiger partial charge in [0.25, 0.3) is 0 Å². The Morgan fingerprint density at radius 1 is 1.06 bits per heavy atom. The predicted octanol–water partition coefficient (Wildman–Crippen LogP) is 5.52. The molecule has 1 aliphatic heterocycles. The van der Waals surface area contributed by atoms with Gasteiger partial charge in [-0.15, -0.1) is 0 Å². The Morgan fingerprint density at radius 3 is 2.63 bits per heavy atom. The highest BCUT2D eigenvalue weighted by Crippen LogP contribution is 2.34. The van der Waals surface area contributed by atoms with E-state index in [0.29, 0.717) is 23.3 Å². The number of carbonyl (C=O) groups is 1. The molecule has 1 aromatic heterocycles. The third-order valence-electron chi connectivity index (χ3n) is 7.87. The summed E-state index contributed by atoms with van der Waals surface area (Å²) in [7, 11) is 0. The van der Waals surface area contributed by atoms with Crippen molar-refractivity contribution in [3.63, 3.8) is 0 Å². The monoisotopic (exact) mass is 474 g/mol. The standard InChI is InChI=1S/C29H35FN4O/c30-25-11-12-26-27(18-25)32-33-29(26)22-14-16-34(17-15-22)20-24-9-5-4-8-23(24)19-31-28(35)13-10-21-6-2-1-3-7-21/h1-3,6-7,10-13,18,22-24H,4-5,8-9,14-17,19-20H2,(H,31,35)(H,32,33)/t23-,24-/m0/s1. The summed E-state index contributed by atoms with van der Waals surface area (Å²) in [5.74, 6) is 1.37. The molecule has 1 saturated heterocycles. The largest absolute Gasteiger partial charge is 0.352 e. The lowest BCUT2D eigenvalue weighted by molar-refractivity contribution is -0.116. The van der Waals surface area contributed by atoms with E-state index in [-0.39, 0.29) is 11.7 Å². The lowest BCUT2D eigenvalue weighted by Gasteiger charge is -2.38. The number of benzene rings is 2. The van der Waals surface area contributed by atoms with Crippen molar-refractivity contribution in [1.82, 2.24) is 20.4 Å². The first-order valence-corrected chi connectivity index (χ1v) is 13.0. The van der Waals surface area contributed by atoms with Crippen LogP contribution in [0.3, 0.4) is 0 Å². The number of piperidine rings is 1. The molecule has 3 aromatic rings. The van der Waals surface area contributed by atoms with Crippen molar-refractivity contribution >= 4 is 22.9 Å². The summed E-state index contributed by atoms with van der Waals surface area (Å²) in [5, 5.41) is 11.7. The van der Waals surface area contributed by atoms with Crippen LogP contribution in [0.15, 0.2) is 54.6 Å². The summed E-state index contributed by atoms with van der Waals surface area (Å²) in [5.41, 5.74) is 2.91. The van der Waals surface area contributed by atoms with E-state index in [1.807, 2.05) is 42.5 Å². The zero-order chi connectivity index (χ0) is 24.0. The molecule has 2 atom stereocenters. The van der Waals surface area contributed by atoms with Gasteiger partial charge in [-0.2, -0.15) is 5.10 Å². The molecule has 2 heterocycles. The topological polar surface area (TPSA) is 61.0 Å². The predicted molar refractivity (Wildman–Crippen MR) is 138 cm³/mol. The zero-order valence-electron chi connectivity index (χ0n) is 20.3. The van der Waals surface area contributed by atoms with Crippen LogP contribution in [-0.4, -0.2) is 47.2 Å². The van der Waals surface area contributed by atoms with E-state index < -0.39 is 0 Å². The first-order chi connectivity index (χ1) is 17.2. The number of H-pyrrole nitrogens is 1. The summed E-state index contributed by atoms with van der Waals surface area (Å²) in [6, 6.07) is 14.8. The maximum Gasteiger partial charge on any atom is 0.244 e. The number of amides is 1. The summed E-state index contributed by atoms with van der Waals surface area (Å²) in [6.45, 7) is 4.02. The van der Waals surface area contributed by atoms with Crippen molar-refractivity contribution < 1.29 is 9.18 Å². The summed E-state index contributed by atoms with van der Waals surface area (Å²) in [6.07, 6.45) is 10.7. The number of hydrogen-bond acceptors (Lipinski definition) is 3. The normalized spacial score (nSPS) is 22.1. The minimum Gasteiger partial charge on any atom is -0.352 e. The molecule has 6 heteroatoms. The molecule has 0 radical (unpaired) electrons. The Morgan fingerprint density at radius 2 is 1.83 bits per heavy atom. The van der Waals surface area contributed by atoms with E-state index in [9.17, 15) is 9.18 Å². The van der Waals surface area contributed by atoms with Crippen molar-refractivity contribution in [3.05, 3.63) is 71.7 Å². The average Bonchev–Trinajstić information content (AvgIpc) is 3.31. The van der Waals surface area contributed by atoms with E-state index in [0.717, 1.165) is 55.7 Å². The van der Waals surface area contributed by atoms with Crippen LogP contribution in [0.4, 0.5) is 4.39 Å². The Hall–Kier alpha value is -2.99. The lowest BCUT2D eigenvalue weighted by atomic mass is 9.78.